The number of hydrogen-bond donors (Lipinski definition) is 1. The summed E-state index contributed by atoms with van der Waals surface area (Å²) in [5.74, 6) is -2.63. The Kier molecular flexibility index (Phi) is 6.73. The lowest BCUT2D eigenvalue weighted by atomic mass is 10.1. The maximum atomic E-state index is 13.2. The van der Waals surface area contributed by atoms with Gasteiger partial charge >= 0.3 is 5.97 Å². The molecule has 1 saturated heterocycles. The van der Waals surface area contributed by atoms with Crippen LogP contribution in [0.2, 0.25) is 0 Å². The van der Waals surface area contributed by atoms with Crippen molar-refractivity contribution in [3.05, 3.63) is 66.0 Å². The molecule has 2 heterocycles. The molecule has 0 aliphatic carbocycles. The Bertz CT molecular complexity index is 1230. The minimum Gasteiger partial charge on any atom is -0.443 e. The Morgan fingerprint density at radius 1 is 1.09 bits per heavy atom. The molecule has 0 bridgehead atoms. The number of nitrogens with zero attached hydrogens (tertiary/aromatic N) is 2. The average Bonchev–Trinajstić information content (AvgIpc) is 3.19. The lowest BCUT2D eigenvalue weighted by Gasteiger charge is -2.27. The van der Waals surface area contributed by atoms with Crippen LogP contribution in [0.4, 0.5) is 10.1 Å². The summed E-state index contributed by atoms with van der Waals surface area (Å²) in [4.78, 5) is 38.2. The molecule has 0 radical (unpaired) electrons. The Morgan fingerprint density at radius 2 is 1.79 bits per heavy atom. The van der Waals surface area contributed by atoms with Crippen LogP contribution in [-0.4, -0.2) is 54.5 Å². The molecule has 0 aromatic heterocycles. The Balaban J connectivity index is 1.54. The molecule has 34 heavy (non-hydrogen) atoms. The third kappa shape index (κ3) is 5.48. The maximum absolute atomic E-state index is 13.2. The number of amides is 2. The monoisotopic (exact) mass is 487 g/mol. The van der Waals surface area contributed by atoms with E-state index in [9.17, 15) is 27.2 Å². The van der Waals surface area contributed by atoms with Crippen LogP contribution in [-0.2, 0) is 29.0 Å². The summed E-state index contributed by atoms with van der Waals surface area (Å²) >= 11 is 0. The molecule has 1 N–H and O–H groups in total. The third-order valence-corrected chi connectivity index (χ3v) is 7.28. The molecular weight excluding hydrogens is 465 g/mol. The molecule has 0 unspecified atom stereocenters. The maximum Gasteiger partial charge on any atom is 0.355 e. The second-order valence-corrected chi connectivity index (χ2v) is 10.3. The highest BCUT2D eigenvalue weighted by atomic mass is 32.2. The smallest absolute Gasteiger partial charge is 0.355 e. The number of halogens is 1. The summed E-state index contributed by atoms with van der Waals surface area (Å²) in [5.41, 5.74) is 0.652. The minimum absolute atomic E-state index is 0.00866. The van der Waals surface area contributed by atoms with Crippen molar-refractivity contribution in [3.63, 3.8) is 0 Å². The molecule has 4 rings (SSSR count). The SMILES string of the molecule is O=C(O[C@H](C(=O)Nc1ccc(F)cc1)c1ccccc1)C1=NN([C@@H]2CCS(=O)(=O)C2)C(=O)CC1. The summed E-state index contributed by atoms with van der Waals surface area (Å²) in [6, 6.07) is 12.8. The molecule has 2 aliphatic heterocycles. The summed E-state index contributed by atoms with van der Waals surface area (Å²) in [6.45, 7) is 0. The van der Waals surface area contributed by atoms with Crippen LogP contribution in [0.5, 0.6) is 0 Å². The van der Waals surface area contributed by atoms with Crippen molar-refractivity contribution in [1.82, 2.24) is 5.01 Å². The molecule has 178 valence electrons. The molecule has 1 fully saturated rings. The van der Waals surface area contributed by atoms with Gasteiger partial charge < -0.3 is 10.1 Å². The predicted molar refractivity (Wildman–Crippen MR) is 121 cm³/mol. The van der Waals surface area contributed by atoms with Crippen molar-refractivity contribution < 1.29 is 31.9 Å². The Labute approximate surface area is 195 Å². The van der Waals surface area contributed by atoms with E-state index in [-0.39, 0.29) is 42.4 Å². The fourth-order valence-corrected chi connectivity index (χ4v) is 5.48. The normalized spacial score (nSPS) is 20.4. The summed E-state index contributed by atoms with van der Waals surface area (Å²) in [7, 11) is -3.26. The molecule has 2 aromatic rings. The van der Waals surface area contributed by atoms with E-state index in [1.54, 1.807) is 30.3 Å². The molecule has 0 spiro atoms. The summed E-state index contributed by atoms with van der Waals surface area (Å²) in [6.07, 6.45) is -1.11. The van der Waals surface area contributed by atoms with Gasteiger partial charge in [-0.1, -0.05) is 30.3 Å². The molecule has 2 aliphatic rings. The van der Waals surface area contributed by atoms with E-state index in [4.69, 9.17) is 4.74 Å². The highest BCUT2D eigenvalue weighted by Crippen LogP contribution is 2.25. The quantitative estimate of drug-likeness (QED) is 0.624. The van der Waals surface area contributed by atoms with E-state index < -0.39 is 39.7 Å². The molecule has 2 atom stereocenters. The van der Waals surface area contributed by atoms with Crippen molar-refractivity contribution in [3.8, 4) is 0 Å². The van der Waals surface area contributed by atoms with E-state index in [1.807, 2.05) is 0 Å². The first-order chi connectivity index (χ1) is 16.2. The molecule has 9 nitrogen and oxygen atoms in total. The van der Waals surface area contributed by atoms with Crippen LogP contribution < -0.4 is 5.32 Å². The van der Waals surface area contributed by atoms with Gasteiger partial charge in [0.25, 0.3) is 5.91 Å². The highest BCUT2D eigenvalue weighted by molar-refractivity contribution is 7.91. The Morgan fingerprint density at radius 3 is 2.44 bits per heavy atom. The number of carbonyl (C=O) groups excluding carboxylic acids is 3. The van der Waals surface area contributed by atoms with Crippen molar-refractivity contribution in [1.29, 1.82) is 0 Å². The number of ether oxygens (including phenoxy) is 1. The predicted octanol–water partition coefficient (Wildman–Crippen LogP) is 2.21. The molecule has 2 aromatic carbocycles. The molecule has 2 amide bonds. The number of esters is 1. The van der Waals surface area contributed by atoms with Crippen LogP contribution in [0.15, 0.2) is 59.7 Å². The van der Waals surface area contributed by atoms with Crippen molar-refractivity contribution in [2.45, 2.75) is 31.4 Å². The fourth-order valence-electron chi connectivity index (χ4n) is 3.79. The van der Waals surface area contributed by atoms with Crippen LogP contribution >= 0.6 is 0 Å². The van der Waals surface area contributed by atoms with Gasteiger partial charge in [-0.3, -0.25) is 9.59 Å². The number of rotatable bonds is 6. The van der Waals surface area contributed by atoms with E-state index >= 15 is 0 Å². The van der Waals surface area contributed by atoms with Gasteiger partial charge in [0.1, 0.15) is 11.5 Å². The largest absolute Gasteiger partial charge is 0.443 e. The first-order valence-corrected chi connectivity index (χ1v) is 12.5. The number of benzene rings is 2. The lowest BCUT2D eigenvalue weighted by Crippen LogP contribution is -2.42. The van der Waals surface area contributed by atoms with E-state index in [0.717, 1.165) is 5.01 Å². The average molecular weight is 488 g/mol. The van der Waals surface area contributed by atoms with Gasteiger partial charge in [-0.05, 0) is 30.7 Å². The van der Waals surface area contributed by atoms with Gasteiger partial charge in [0, 0.05) is 24.1 Å². The van der Waals surface area contributed by atoms with Gasteiger partial charge in [0.05, 0.1) is 17.5 Å². The number of anilines is 1. The second-order valence-electron chi connectivity index (χ2n) is 8.03. The van der Waals surface area contributed by atoms with Gasteiger partial charge in [-0.2, -0.15) is 5.10 Å². The zero-order valence-corrected chi connectivity index (χ0v) is 18.8. The summed E-state index contributed by atoms with van der Waals surface area (Å²) < 4.78 is 42.3. The standard InChI is InChI=1S/C23H22FN3O6S/c24-16-6-8-17(9-7-16)25-22(29)21(15-4-2-1-3-5-15)33-23(30)19-10-11-20(28)27(26-19)18-12-13-34(31,32)14-18/h1-9,18,21H,10-14H2,(H,25,29)/t18-,21+/m1/s1. The topological polar surface area (TPSA) is 122 Å². The zero-order chi connectivity index (χ0) is 24.3. The van der Waals surface area contributed by atoms with E-state index in [2.05, 4.69) is 10.4 Å². The minimum atomic E-state index is -3.26. The fraction of sp³-hybridized carbons (Fsp3) is 0.304. The first kappa shape index (κ1) is 23.6. The number of nitrogens with one attached hydrogen (secondary N) is 1. The van der Waals surface area contributed by atoms with Gasteiger partial charge in [0.2, 0.25) is 12.0 Å². The van der Waals surface area contributed by atoms with Crippen LogP contribution in [0.25, 0.3) is 0 Å². The molecule has 0 saturated carbocycles. The van der Waals surface area contributed by atoms with Crippen LogP contribution in [0.1, 0.15) is 30.9 Å². The van der Waals surface area contributed by atoms with Gasteiger partial charge in [-0.25, -0.2) is 22.6 Å². The summed E-state index contributed by atoms with van der Waals surface area (Å²) in [5, 5.41) is 7.75. The van der Waals surface area contributed by atoms with E-state index in [0.29, 0.717) is 11.3 Å². The highest BCUT2D eigenvalue weighted by Gasteiger charge is 2.38. The number of sulfone groups is 1. The number of hydrazone groups is 1. The van der Waals surface area contributed by atoms with Gasteiger partial charge in [0.15, 0.2) is 9.84 Å². The van der Waals surface area contributed by atoms with Crippen molar-refractivity contribution in [2.75, 3.05) is 16.8 Å². The molecule has 11 heteroatoms. The van der Waals surface area contributed by atoms with E-state index in [1.165, 1.54) is 24.3 Å². The number of carbonyl (C=O) groups is 3. The van der Waals surface area contributed by atoms with Crippen LogP contribution in [0, 0.1) is 5.82 Å². The van der Waals surface area contributed by atoms with Crippen LogP contribution in [0.3, 0.4) is 0 Å². The number of hydrogen-bond acceptors (Lipinski definition) is 7. The Hall–Kier alpha value is -3.60. The zero-order valence-electron chi connectivity index (χ0n) is 18.0. The molecular formula is C23H22FN3O6S. The third-order valence-electron chi connectivity index (χ3n) is 5.53. The van der Waals surface area contributed by atoms with Crippen molar-refractivity contribution in [2.24, 2.45) is 5.10 Å². The second kappa shape index (κ2) is 9.72. The first-order valence-electron chi connectivity index (χ1n) is 10.6. The van der Waals surface area contributed by atoms with Gasteiger partial charge in [-0.15, -0.1) is 0 Å². The van der Waals surface area contributed by atoms with Crippen molar-refractivity contribution >= 4 is 39.0 Å². The lowest BCUT2D eigenvalue weighted by molar-refractivity contribution is -0.148.